The van der Waals surface area contributed by atoms with Crippen LogP contribution in [0.1, 0.15) is 29.2 Å². The van der Waals surface area contributed by atoms with E-state index in [-0.39, 0.29) is 11.4 Å². The van der Waals surface area contributed by atoms with Gasteiger partial charge >= 0.3 is 0 Å². The van der Waals surface area contributed by atoms with Crippen molar-refractivity contribution in [1.82, 2.24) is 9.66 Å². The van der Waals surface area contributed by atoms with E-state index in [9.17, 15) is 4.79 Å². The molecule has 4 aromatic carbocycles. The summed E-state index contributed by atoms with van der Waals surface area (Å²) in [7, 11) is 0. The molecule has 8 heteroatoms. The number of hydrogen-bond donors (Lipinski definition) is 0. The van der Waals surface area contributed by atoms with Gasteiger partial charge in [-0.25, -0.2) is 4.98 Å². The molecule has 2 heterocycles. The molecule has 2 aromatic heterocycles. The van der Waals surface area contributed by atoms with Crippen LogP contribution in [0.3, 0.4) is 0 Å². The molecule has 0 atom stereocenters. The fourth-order valence-electron chi connectivity index (χ4n) is 5.09. The molecule has 6 rings (SSSR count). The topological polar surface area (TPSA) is 78.9 Å². The monoisotopic (exact) mass is 603 g/mol. The number of aryl methyl sites for hydroxylation is 1. The second-order valence-corrected chi connectivity index (χ2v) is 10.8. The van der Waals surface area contributed by atoms with Crippen molar-refractivity contribution >= 4 is 39.7 Å². The van der Waals surface area contributed by atoms with Gasteiger partial charge < -0.3 is 13.9 Å². The van der Waals surface area contributed by atoms with Crippen LogP contribution in [-0.2, 0) is 13.0 Å². The van der Waals surface area contributed by atoms with Gasteiger partial charge in [-0.2, -0.15) is 9.78 Å². The highest BCUT2D eigenvalue weighted by Gasteiger charge is 2.18. The van der Waals surface area contributed by atoms with Gasteiger partial charge in [0.1, 0.15) is 12.2 Å². The van der Waals surface area contributed by atoms with Crippen molar-refractivity contribution < 1.29 is 13.9 Å². The number of fused-ring (bicyclic) bond motifs is 2. The van der Waals surface area contributed by atoms with Crippen LogP contribution in [0.15, 0.2) is 112 Å². The quantitative estimate of drug-likeness (QED) is 0.116. The van der Waals surface area contributed by atoms with E-state index in [4.69, 9.17) is 30.5 Å². The minimum Gasteiger partial charge on any atom is -0.490 e. The third-order valence-electron chi connectivity index (χ3n) is 7.06. The molecule has 44 heavy (non-hydrogen) atoms. The Morgan fingerprint density at radius 2 is 1.89 bits per heavy atom. The van der Waals surface area contributed by atoms with E-state index in [1.807, 2.05) is 43.3 Å². The highest BCUT2D eigenvalue weighted by molar-refractivity contribution is 6.31. The lowest BCUT2D eigenvalue weighted by atomic mass is 10.1. The number of benzene rings is 4. The van der Waals surface area contributed by atoms with Crippen LogP contribution in [0.4, 0.5) is 0 Å². The molecule has 6 aromatic rings. The summed E-state index contributed by atoms with van der Waals surface area (Å²) >= 11 is 6.20. The van der Waals surface area contributed by atoms with Gasteiger partial charge in [-0.15, -0.1) is 6.58 Å². The minimum absolute atomic E-state index is 0.270. The van der Waals surface area contributed by atoms with Crippen LogP contribution in [0.25, 0.3) is 33.5 Å². The SMILES string of the molecule is C=CCc1cc(C=Nn2c(-c3cc4cc(Cl)ccc4o3)nc3ccccc3c2=O)cc(OCC)c1OCc1cccc(C)c1. The Balaban J connectivity index is 1.44. The van der Waals surface area contributed by atoms with Crippen molar-refractivity contribution in [3.05, 3.63) is 135 Å². The largest absolute Gasteiger partial charge is 0.490 e. The Morgan fingerprint density at radius 3 is 2.70 bits per heavy atom. The van der Waals surface area contributed by atoms with Crippen LogP contribution < -0.4 is 15.0 Å². The third kappa shape index (κ3) is 6.00. The highest BCUT2D eigenvalue weighted by Crippen LogP contribution is 2.35. The normalized spacial score (nSPS) is 11.4. The number of aromatic nitrogens is 2. The highest BCUT2D eigenvalue weighted by atomic mass is 35.5. The number of halogens is 1. The van der Waals surface area contributed by atoms with Crippen LogP contribution >= 0.6 is 11.6 Å². The van der Waals surface area contributed by atoms with Gasteiger partial charge in [-0.1, -0.05) is 59.6 Å². The van der Waals surface area contributed by atoms with Gasteiger partial charge in [0.15, 0.2) is 17.3 Å². The zero-order valence-electron chi connectivity index (χ0n) is 24.4. The molecular weight excluding hydrogens is 574 g/mol. The average Bonchev–Trinajstić information content (AvgIpc) is 3.43. The van der Waals surface area contributed by atoms with Crippen LogP contribution in [-0.4, -0.2) is 22.5 Å². The Kier molecular flexibility index (Phi) is 8.30. The molecule has 0 radical (unpaired) electrons. The second kappa shape index (κ2) is 12.6. The smallest absolute Gasteiger partial charge is 0.282 e. The molecule has 7 nitrogen and oxygen atoms in total. The summed E-state index contributed by atoms with van der Waals surface area (Å²) in [6.07, 6.45) is 3.98. The van der Waals surface area contributed by atoms with Crippen LogP contribution in [0, 0.1) is 6.92 Å². The van der Waals surface area contributed by atoms with Gasteiger partial charge in [-0.05, 0) is 79.9 Å². The maximum atomic E-state index is 13.7. The van der Waals surface area contributed by atoms with Gasteiger partial charge in [0, 0.05) is 16.0 Å². The van der Waals surface area contributed by atoms with Gasteiger partial charge in [0.2, 0.25) is 5.82 Å². The lowest BCUT2D eigenvalue weighted by Gasteiger charge is -2.17. The summed E-state index contributed by atoms with van der Waals surface area (Å²) < 4.78 is 19.7. The third-order valence-corrected chi connectivity index (χ3v) is 7.29. The van der Waals surface area contributed by atoms with Crippen molar-refractivity contribution in [2.24, 2.45) is 5.10 Å². The summed E-state index contributed by atoms with van der Waals surface area (Å²) in [4.78, 5) is 18.5. The van der Waals surface area contributed by atoms with E-state index in [0.717, 1.165) is 22.1 Å². The molecule has 220 valence electrons. The number of ether oxygens (including phenoxy) is 2. The van der Waals surface area contributed by atoms with Crippen molar-refractivity contribution in [2.75, 3.05) is 6.61 Å². The summed E-state index contributed by atoms with van der Waals surface area (Å²) in [6, 6.07) is 26.3. The lowest BCUT2D eigenvalue weighted by Crippen LogP contribution is -2.20. The Labute approximate surface area is 259 Å². The first-order valence-electron chi connectivity index (χ1n) is 14.3. The summed E-state index contributed by atoms with van der Waals surface area (Å²) in [5, 5.41) is 6.45. The van der Waals surface area contributed by atoms with E-state index in [2.05, 4.69) is 30.7 Å². The molecule has 0 unspecified atom stereocenters. The molecular formula is C36H30ClN3O4. The number of nitrogens with zero attached hydrogens (tertiary/aromatic N) is 3. The molecule has 0 aliphatic carbocycles. The maximum absolute atomic E-state index is 13.7. The number of furan rings is 1. The van der Waals surface area contributed by atoms with Crippen LogP contribution in [0.2, 0.25) is 5.02 Å². The second-order valence-electron chi connectivity index (χ2n) is 10.3. The molecule has 0 saturated carbocycles. The first-order valence-corrected chi connectivity index (χ1v) is 14.7. The first kappa shape index (κ1) is 29.0. The Hall–Kier alpha value is -5.14. The summed E-state index contributed by atoms with van der Waals surface area (Å²) in [6.45, 7) is 8.75. The Bertz CT molecular complexity index is 2090. The van der Waals surface area contributed by atoms with Gasteiger partial charge in [-0.3, -0.25) is 4.79 Å². The molecule has 0 N–H and O–H groups in total. The zero-order chi connectivity index (χ0) is 30.6. The Morgan fingerprint density at radius 1 is 1.02 bits per heavy atom. The molecule has 0 bridgehead atoms. The van der Waals surface area contributed by atoms with E-state index in [0.29, 0.717) is 58.4 Å². The fourth-order valence-corrected chi connectivity index (χ4v) is 5.27. The van der Waals surface area contributed by atoms with Gasteiger partial charge in [0.05, 0.1) is 23.7 Å². The molecule has 0 amide bonds. The lowest BCUT2D eigenvalue weighted by molar-refractivity contribution is 0.267. The number of allylic oxidation sites excluding steroid dienone is 1. The predicted octanol–water partition coefficient (Wildman–Crippen LogP) is 8.36. The van der Waals surface area contributed by atoms with Crippen molar-refractivity contribution in [2.45, 2.75) is 26.9 Å². The summed E-state index contributed by atoms with van der Waals surface area (Å²) in [5.74, 6) is 1.90. The number of para-hydroxylation sites is 1. The summed E-state index contributed by atoms with van der Waals surface area (Å²) in [5.41, 5.74) is 4.67. The first-order chi connectivity index (χ1) is 21.4. The molecule has 0 spiro atoms. The molecule has 0 saturated heterocycles. The minimum atomic E-state index is -0.324. The van der Waals surface area contributed by atoms with Crippen molar-refractivity contribution in [3.63, 3.8) is 0 Å². The molecule has 0 fully saturated rings. The molecule has 0 aliphatic heterocycles. The van der Waals surface area contributed by atoms with Crippen LogP contribution in [0.5, 0.6) is 11.5 Å². The standard InChI is InChI=1S/C36H30ClN3O4/c1-4-9-26-17-25(18-32(42-5-2)34(26)43-22-24-11-8-10-23(3)16-24)21-38-40-35(39-30-13-7-6-12-29(30)36(40)41)33-20-27-19-28(37)14-15-31(27)44-33/h4,6-8,10-21H,1,5,9,22H2,2-3H3. The van der Waals surface area contributed by atoms with Crippen molar-refractivity contribution in [1.29, 1.82) is 0 Å². The van der Waals surface area contributed by atoms with E-state index >= 15 is 0 Å². The van der Waals surface area contributed by atoms with E-state index in [1.165, 1.54) is 10.2 Å². The van der Waals surface area contributed by atoms with Gasteiger partial charge in [0.25, 0.3) is 5.56 Å². The fraction of sp³-hybridized carbons (Fsp3) is 0.139. The maximum Gasteiger partial charge on any atom is 0.282 e. The van der Waals surface area contributed by atoms with Crippen molar-refractivity contribution in [3.8, 4) is 23.1 Å². The molecule has 0 aliphatic rings. The average molecular weight is 604 g/mol. The van der Waals surface area contributed by atoms with E-state index < -0.39 is 0 Å². The predicted molar refractivity (Wildman–Crippen MR) is 176 cm³/mol. The number of hydrogen-bond acceptors (Lipinski definition) is 6. The zero-order valence-corrected chi connectivity index (χ0v) is 25.2. The van der Waals surface area contributed by atoms with E-state index in [1.54, 1.807) is 48.7 Å². The number of rotatable bonds is 10.